The van der Waals surface area contributed by atoms with Gasteiger partial charge in [0, 0.05) is 19.8 Å². The molecular weight excluding hydrogens is 220 g/mol. The predicted molar refractivity (Wildman–Crippen MR) is 70.7 cm³/mol. The molecule has 1 aliphatic heterocycles. The predicted octanol–water partition coefficient (Wildman–Crippen LogP) is 1.58. The first-order valence-corrected chi connectivity index (χ1v) is 6.34. The lowest BCUT2D eigenvalue weighted by Gasteiger charge is -2.14. The van der Waals surface area contributed by atoms with Gasteiger partial charge in [-0.05, 0) is 24.0 Å². The fourth-order valence-electron chi connectivity index (χ4n) is 1.53. The van der Waals surface area contributed by atoms with Crippen LogP contribution >= 0.6 is 11.8 Å². The van der Waals surface area contributed by atoms with Gasteiger partial charge in [0.15, 0.2) is 5.17 Å². The molecule has 1 unspecified atom stereocenters. The number of hydrogen-bond acceptors (Lipinski definition) is 5. The Hall–Kier alpha value is -1.20. The summed E-state index contributed by atoms with van der Waals surface area (Å²) in [6.07, 6.45) is 2.03. The van der Waals surface area contributed by atoms with E-state index in [4.69, 9.17) is 0 Å². The molecule has 4 nitrogen and oxygen atoms in total. The SMILES string of the molecule is CSC1=NC(c2ccc(N(C)C)cc2)NN1. The fourth-order valence-corrected chi connectivity index (χ4v) is 1.90. The third-order valence-corrected chi connectivity index (χ3v) is 3.07. The maximum absolute atomic E-state index is 4.50. The van der Waals surface area contributed by atoms with Crippen molar-refractivity contribution in [3.63, 3.8) is 0 Å². The first kappa shape index (κ1) is 11.3. The molecule has 0 bridgehead atoms. The van der Waals surface area contributed by atoms with Crippen molar-refractivity contribution in [1.29, 1.82) is 0 Å². The highest BCUT2D eigenvalue weighted by molar-refractivity contribution is 8.13. The van der Waals surface area contributed by atoms with Gasteiger partial charge in [-0.15, -0.1) is 0 Å². The summed E-state index contributed by atoms with van der Waals surface area (Å²) in [5.74, 6) is 0. The molecular formula is C11H16N4S. The van der Waals surface area contributed by atoms with Crippen molar-refractivity contribution in [2.24, 2.45) is 4.99 Å². The van der Waals surface area contributed by atoms with Crippen LogP contribution in [0.15, 0.2) is 29.3 Å². The van der Waals surface area contributed by atoms with Gasteiger partial charge in [0.25, 0.3) is 0 Å². The number of nitrogens with zero attached hydrogens (tertiary/aromatic N) is 2. The fraction of sp³-hybridized carbons (Fsp3) is 0.364. The van der Waals surface area contributed by atoms with Gasteiger partial charge in [0.1, 0.15) is 6.17 Å². The Bertz CT molecular complexity index is 385. The Balaban J connectivity index is 2.14. The molecule has 0 fully saturated rings. The van der Waals surface area contributed by atoms with Gasteiger partial charge in [-0.1, -0.05) is 23.9 Å². The number of amidine groups is 1. The second-order valence-corrected chi connectivity index (χ2v) is 4.59. The standard InChI is InChI=1S/C11H16N4S/c1-15(2)9-6-4-8(5-7-9)10-12-11(16-3)14-13-10/h4-7,10,13H,1-3H3,(H,12,14). The molecule has 0 saturated carbocycles. The van der Waals surface area contributed by atoms with Crippen LogP contribution in [0, 0.1) is 0 Å². The topological polar surface area (TPSA) is 39.7 Å². The van der Waals surface area contributed by atoms with Gasteiger partial charge >= 0.3 is 0 Å². The summed E-state index contributed by atoms with van der Waals surface area (Å²) in [6.45, 7) is 0. The zero-order valence-corrected chi connectivity index (χ0v) is 10.5. The van der Waals surface area contributed by atoms with Gasteiger partial charge in [-0.25, -0.2) is 10.4 Å². The first-order valence-electron chi connectivity index (χ1n) is 5.11. The zero-order chi connectivity index (χ0) is 11.5. The number of anilines is 1. The van der Waals surface area contributed by atoms with Gasteiger partial charge in [-0.3, -0.25) is 5.43 Å². The van der Waals surface area contributed by atoms with E-state index in [1.165, 1.54) is 11.3 Å². The molecule has 16 heavy (non-hydrogen) atoms. The number of aliphatic imine (C=N–C) groups is 1. The monoisotopic (exact) mass is 236 g/mol. The van der Waals surface area contributed by atoms with Gasteiger partial charge in [0.05, 0.1) is 0 Å². The van der Waals surface area contributed by atoms with Crippen molar-refractivity contribution < 1.29 is 0 Å². The first-order chi connectivity index (χ1) is 7.70. The van der Waals surface area contributed by atoms with Crippen LogP contribution in [0.5, 0.6) is 0 Å². The van der Waals surface area contributed by atoms with Crippen LogP contribution in [0.3, 0.4) is 0 Å². The average Bonchev–Trinajstić information content (AvgIpc) is 2.77. The summed E-state index contributed by atoms with van der Waals surface area (Å²) in [5, 5.41) is 0.932. The Kier molecular flexibility index (Phi) is 3.36. The quantitative estimate of drug-likeness (QED) is 0.818. The maximum Gasteiger partial charge on any atom is 0.172 e. The number of nitrogens with one attached hydrogen (secondary N) is 2. The summed E-state index contributed by atoms with van der Waals surface area (Å²) >= 11 is 1.61. The molecule has 0 spiro atoms. The Morgan fingerprint density at radius 2 is 1.94 bits per heavy atom. The molecule has 0 aromatic heterocycles. The van der Waals surface area contributed by atoms with Crippen molar-refractivity contribution in [2.75, 3.05) is 25.3 Å². The summed E-state index contributed by atoms with van der Waals surface area (Å²) in [5.41, 5.74) is 8.55. The molecule has 0 saturated heterocycles. The number of hydrazine groups is 1. The minimum Gasteiger partial charge on any atom is -0.378 e. The van der Waals surface area contributed by atoms with Crippen LogP contribution < -0.4 is 15.8 Å². The van der Waals surface area contributed by atoms with Crippen molar-refractivity contribution in [2.45, 2.75) is 6.17 Å². The second-order valence-electron chi connectivity index (χ2n) is 3.80. The highest BCUT2D eigenvalue weighted by atomic mass is 32.2. The molecule has 0 aliphatic carbocycles. The van der Waals surface area contributed by atoms with Crippen molar-refractivity contribution in [1.82, 2.24) is 10.9 Å². The van der Waals surface area contributed by atoms with Gasteiger partial charge < -0.3 is 4.90 Å². The van der Waals surface area contributed by atoms with Crippen LogP contribution in [-0.4, -0.2) is 25.5 Å². The lowest BCUT2D eigenvalue weighted by atomic mass is 10.1. The van der Waals surface area contributed by atoms with Crippen LogP contribution in [0.4, 0.5) is 5.69 Å². The zero-order valence-electron chi connectivity index (χ0n) is 9.69. The molecule has 1 aromatic carbocycles. The summed E-state index contributed by atoms with van der Waals surface area (Å²) in [6, 6.07) is 8.40. The molecule has 0 radical (unpaired) electrons. The van der Waals surface area contributed by atoms with Crippen LogP contribution in [0.1, 0.15) is 11.7 Å². The molecule has 1 aromatic rings. The molecule has 2 rings (SSSR count). The van der Waals surface area contributed by atoms with E-state index >= 15 is 0 Å². The van der Waals surface area contributed by atoms with Crippen molar-refractivity contribution >= 4 is 22.6 Å². The van der Waals surface area contributed by atoms with E-state index in [1.807, 2.05) is 20.4 Å². The number of benzene rings is 1. The van der Waals surface area contributed by atoms with Crippen LogP contribution in [0.25, 0.3) is 0 Å². The lowest BCUT2D eigenvalue weighted by molar-refractivity contribution is 0.575. The largest absolute Gasteiger partial charge is 0.378 e. The summed E-state index contributed by atoms with van der Waals surface area (Å²) in [7, 11) is 4.07. The second kappa shape index (κ2) is 4.76. The summed E-state index contributed by atoms with van der Waals surface area (Å²) < 4.78 is 0. The normalized spacial score (nSPS) is 19.2. The number of hydrogen-bond donors (Lipinski definition) is 2. The Morgan fingerprint density at radius 1 is 1.25 bits per heavy atom. The Morgan fingerprint density at radius 3 is 2.44 bits per heavy atom. The van der Waals surface area contributed by atoms with E-state index in [9.17, 15) is 0 Å². The van der Waals surface area contributed by atoms with Gasteiger partial charge in [0.2, 0.25) is 0 Å². The minimum absolute atomic E-state index is 0.0265. The van der Waals surface area contributed by atoms with Crippen LogP contribution in [-0.2, 0) is 0 Å². The molecule has 1 aliphatic rings. The molecule has 2 N–H and O–H groups in total. The van der Waals surface area contributed by atoms with E-state index in [-0.39, 0.29) is 6.17 Å². The lowest BCUT2D eigenvalue weighted by Crippen LogP contribution is -2.29. The minimum atomic E-state index is 0.0265. The van der Waals surface area contributed by atoms with E-state index in [0.29, 0.717) is 0 Å². The number of rotatable bonds is 2. The van der Waals surface area contributed by atoms with Crippen LogP contribution in [0.2, 0.25) is 0 Å². The number of thioether (sulfide) groups is 1. The highest BCUT2D eigenvalue weighted by Crippen LogP contribution is 2.21. The van der Waals surface area contributed by atoms with E-state index in [1.54, 1.807) is 11.8 Å². The molecule has 1 atom stereocenters. The highest BCUT2D eigenvalue weighted by Gasteiger charge is 2.16. The van der Waals surface area contributed by atoms with Crippen molar-refractivity contribution in [3.05, 3.63) is 29.8 Å². The average molecular weight is 236 g/mol. The third kappa shape index (κ3) is 2.31. The van der Waals surface area contributed by atoms with Gasteiger partial charge in [-0.2, -0.15) is 0 Å². The maximum atomic E-state index is 4.50. The third-order valence-electron chi connectivity index (χ3n) is 2.48. The molecule has 0 amide bonds. The summed E-state index contributed by atoms with van der Waals surface area (Å²) in [4.78, 5) is 6.58. The molecule has 5 heteroatoms. The van der Waals surface area contributed by atoms with E-state index in [0.717, 1.165) is 5.17 Å². The van der Waals surface area contributed by atoms with Crippen molar-refractivity contribution in [3.8, 4) is 0 Å². The van der Waals surface area contributed by atoms with E-state index < -0.39 is 0 Å². The molecule has 1 heterocycles. The molecule has 86 valence electrons. The van der Waals surface area contributed by atoms with E-state index in [2.05, 4.69) is 45.0 Å². The smallest absolute Gasteiger partial charge is 0.172 e. The Labute approximate surface area is 100 Å².